The molecule has 0 saturated carbocycles. The predicted octanol–water partition coefficient (Wildman–Crippen LogP) is 3.23. The minimum atomic E-state index is -0.525. The van der Waals surface area contributed by atoms with Crippen LogP contribution in [0.4, 0.5) is 11.6 Å². The Kier molecular flexibility index (Phi) is 4.75. The number of carbonyl (C=O) groups is 1. The highest BCUT2D eigenvalue weighted by molar-refractivity contribution is 6.06. The maximum Gasteiger partial charge on any atom is 0.255 e. The van der Waals surface area contributed by atoms with Crippen molar-refractivity contribution in [3.05, 3.63) is 70.4 Å². The van der Waals surface area contributed by atoms with Crippen molar-refractivity contribution in [2.24, 2.45) is 0 Å². The summed E-state index contributed by atoms with van der Waals surface area (Å²) in [5, 5.41) is 18.1. The van der Waals surface area contributed by atoms with Gasteiger partial charge in [0, 0.05) is 16.9 Å². The highest BCUT2D eigenvalue weighted by atomic mass is 16.5. The van der Waals surface area contributed by atoms with E-state index in [1.807, 2.05) is 63.2 Å². The van der Waals surface area contributed by atoms with Crippen LogP contribution >= 0.6 is 0 Å². The van der Waals surface area contributed by atoms with E-state index >= 15 is 0 Å². The van der Waals surface area contributed by atoms with Crippen LogP contribution in [0.3, 0.4) is 0 Å². The number of ether oxygens (including phenoxy) is 1. The third-order valence-corrected chi connectivity index (χ3v) is 5.25. The van der Waals surface area contributed by atoms with E-state index in [9.17, 15) is 4.79 Å². The van der Waals surface area contributed by atoms with E-state index < -0.39 is 6.04 Å². The molecule has 3 aromatic rings. The molecule has 8 heteroatoms. The summed E-state index contributed by atoms with van der Waals surface area (Å²) in [6.07, 6.45) is 0. The molecule has 0 spiro atoms. The SMILES string of the molecule is COc1ccccc1C1C(C(=O)Nc2cccc(C)c2C)=C(C)Nc2nnnn21. The van der Waals surface area contributed by atoms with Gasteiger partial charge in [-0.2, -0.15) is 4.68 Å². The van der Waals surface area contributed by atoms with E-state index in [0.29, 0.717) is 23.0 Å². The number of hydrogen-bond donors (Lipinski definition) is 2. The van der Waals surface area contributed by atoms with Crippen LogP contribution in [0, 0.1) is 13.8 Å². The number of carbonyl (C=O) groups excluding carboxylic acids is 1. The molecule has 1 unspecified atom stereocenters. The van der Waals surface area contributed by atoms with Gasteiger partial charge in [-0.3, -0.25) is 4.79 Å². The van der Waals surface area contributed by atoms with Crippen molar-refractivity contribution in [2.75, 3.05) is 17.7 Å². The minimum Gasteiger partial charge on any atom is -0.496 e. The zero-order valence-corrected chi connectivity index (χ0v) is 16.7. The predicted molar refractivity (Wildman–Crippen MR) is 110 cm³/mol. The summed E-state index contributed by atoms with van der Waals surface area (Å²) in [6, 6.07) is 12.9. The molecule has 1 aromatic heterocycles. The lowest BCUT2D eigenvalue weighted by Gasteiger charge is -2.29. The number of para-hydroxylation sites is 1. The fourth-order valence-electron chi connectivity index (χ4n) is 3.56. The van der Waals surface area contributed by atoms with Gasteiger partial charge < -0.3 is 15.4 Å². The van der Waals surface area contributed by atoms with E-state index in [1.165, 1.54) is 0 Å². The second-order valence-electron chi connectivity index (χ2n) is 6.96. The Labute approximate surface area is 168 Å². The van der Waals surface area contributed by atoms with Crippen molar-refractivity contribution in [3.63, 3.8) is 0 Å². The molecule has 1 amide bonds. The summed E-state index contributed by atoms with van der Waals surface area (Å²) < 4.78 is 7.15. The van der Waals surface area contributed by atoms with Crippen LogP contribution in [-0.2, 0) is 4.79 Å². The van der Waals surface area contributed by atoms with Gasteiger partial charge in [0.2, 0.25) is 5.95 Å². The Morgan fingerprint density at radius 2 is 1.93 bits per heavy atom. The number of aromatic nitrogens is 4. The first-order valence-corrected chi connectivity index (χ1v) is 9.27. The van der Waals surface area contributed by atoms with Gasteiger partial charge in [0.1, 0.15) is 11.8 Å². The van der Waals surface area contributed by atoms with Gasteiger partial charge in [-0.1, -0.05) is 35.4 Å². The summed E-state index contributed by atoms with van der Waals surface area (Å²) in [4.78, 5) is 13.4. The van der Waals surface area contributed by atoms with Crippen molar-refractivity contribution < 1.29 is 9.53 Å². The fraction of sp³-hybridized carbons (Fsp3) is 0.238. The Bertz CT molecular complexity index is 1120. The third kappa shape index (κ3) is 3.22. The quantitative estimate of drug-likeness (QED) is 0.710. The van der Waals surface area contributed by atoms with E-state index in [4.69, 9.17) is 4.74 Å². The molecule has 148 valence electrons. The number of tetrazole rings is 1. The Hall–Kier alpha value is -3.68. The molecule has 1 atom stereocenters. The van der Waals surface area contributed by atoms with Crippen molar-refractivity contribution in [1.29, 1.82) is 0 Å². The van der Waals surface area contributed by atoms with Crippen molar-refractivity contribution >= 4 is 17.5 Å². The second-order valence-corrected chi connectivity index (χ2v) is 6.96. The van der Waals surface area contributed by atoms with Gasteiger partial charge in [0.25, 0.3) is 5.91 Å². The number of aryl methyl sites for hydroxylation is 1. The van der Waals surface area contributed by atoms with E-state index in [2.05, 4.69) is 26.2 Å². The number of allylic oxidation sites excluding steroid dienone is 1. The van der Waals surface area contributed by atoms with Crippen LogP contribution in [0.5, 0.6) is 5.75 Å². The van der Waals surface area contributed by atoms with Crippen LogP contribution in [0.25, 0.3) is 0 Å². The third-order valence-electron chi connectivity index (χ3n) is 5.25. The van der Waals surface area contributed by atoms with Gasteiger partial charge >= 0.3 is 0 Å². The van der Waals surface area contributed by atoms with Crippen molar-refractivity contribution in [1.82, 2.24) is 20.2 Å². The Balaban J connectivity index is 1.81. The van der Waals surface area contributed by atoms with Crippen LogP contribution in [-0.4, -0.2) is 33.2 Å². The molecule has 0 aliphatic carbocycles. The summed E-state index contributed by atoms with van der Waals surface area (Å²) in [6.45, 7) is 5.85. The van der Waals surface area contributed by atoms with Crippen LogP contribution in [0.2, 0.25) is 0 Å². The zero-order valence-electron chi connectivity index (χ0n) is 16.7. The molecule has 8 nitrogen and oxygen atoms in total. The molecule has 2 aromatic carbocycles. The molecular weight excluding hydrogens is 368 g/mol. The van der Waals surface area contributed by atoms with Crippen molar-refractivity contribution in [3.8, 4) is 5.75 Å². The number of fused-ring (bicyclic) bond motifs is 1. The van der Waals surface area contributed by atoms with Crippen LogP contribution in [0.1, 0.15) is 29.7 Å². The van der Waals surface area contributed by atoms with Gasteiger partial charge in [0.15, 0.2) is 0 Å². The van der Waals surface area contributed by atoms with E-state index in [-0.39, 0.29) is 5.91 Å². The molecule has 0 fully saturated rings. The monoisotopic (exact) mass is 390 g/mol. The van der Waals surface area contributed by atoms with E-state index in [1.54, 1.807) is 11.8 Å². The summed E-state index contributed by atoms with van der Waals surface area (Å²) in [5.74, 6) is 0.910. The highest BCUT2D eigenvalue weighted by Crippen LogP contribution is 2.38. The minimum absolute atomic E-state index is 0.222. The number of rotatable bonds is 4. The second kappa shape index (κ2) is 7.38. The lowest BCUT2D eigenvalue weighted by molar-refractivity contribution is -0.113. The molecule has 2 N–H and O–H groups in total. The van der Waals surface area contributed by atoms with Crippen molar-refractivity contribution in [2.45, 2.75) is 26.8 Å². The van der Waals surface area contributed by atoms with Gasteiger partial charge in [0.05, 0.1) is 12.7 Å². The molecule has 0 saturated heterocycles. The fourth-order valence-corrected chi connectivity index (χ4v) is 3.56. The molecule has 2 heterocycles. The largest absolute Gasteiger partial charge is 0.496 e. The van der Waals surface area contributed by atoms with Gasteiger partial charge in [-0.25, -0.2) is 0 Å². The molecule has 0 radical (unpaired) electrons. The molecule has 0 bridgehead atoms. The smallest absolute Gasteiger partial charge is 0.255 e. The number of anilines is 2. The van der Waals surface area contributed by atoms with Gasteiger partial charge in [-0.05, 0) is 54.5 Å². The van der Waals surface area contributed by atoms with Gasteiger partial charge in [-0.15, -0.1) is 0 Å². The maximum atomic E-state index is 13.4. The molecule has 29 heavy (non-hydrogen) atoms. The molecule has 4 rings (SSSR count). The summed E-state index contributed by atoms with van der Waals surface area (Å²) in [7, 11) is 1.60. The number of amides is 1. The number of hydrogen-bond acceptors (Lipinski definition) is 6. The Morgan fingerprint density at radius 3 is 2.72 bits per heavy atom. The summed E-state index contributed by atoms with van der Waals surface area (Å²) >= 11 is 0. The first-order valence-electron chi connectivity index (χ1n) is 9.27. The average molecular weight is 390 g/mol. The lowest BCUT2D eigenvalue weighted by Crippen LogP contribution is -2.32. The number of methoxy groups -OCH3 is 1. The van der Waals surface area contributed by atoms with Crippen LogP contribution in [0.15, 0.2) is 53.7 Å². The number of benzene rings is 2. The summed E-state index contributed by atoms with van der Waals surface area (Å²) in [5.41, 5.74) is 4.92. The molecule has 1 aliphatic heterocycles. The number of nitrogens with zero attached hydrogens (tertiary/aromatic N) is 4. The zero-order chi connectivity index (χ0) is 20.5. The standard InChI is InChI=1S/C21H22N6O2/c1-12-8-7-10-16(13(12)2)23-20(28)18-14(3)22-21-24-25-26-27(21)19(18)15-9-5-6-11-17(15)29-4/h5-11,19H,1-4H3,(H,23,28)(H,22,24,26). The first-order chi connectivity index (χ1) is 14.0. The topological polar surface area (TPSA) is 94.0 Å². The molecule has 1 aliphatic rings. The maximum absolute atomic E-state index is 13.4. The Morgan fingerprint density at radius 1 is 1.14 bits per heavy atom. The normalized spacial score (nSPS) is 15.5. The highest BCUT2D eigenvalue weighted by Gasteiger charge is 2.35. The molecular formula is C21H22N6O2. The number of nitrogens with one attached hydrogen (secondary N) is 2. The van der Waals surface area contributed by atoms with E-state index in [0.717, 1.165) is 22.4 Å². The first kappa shape index (κ1) is 18.7. The lowest BCUT2D eigenvalue weighted by atomic mass is 9.94. The van der Waals surface area contributed by atoms with Crippen LogP contribution < -0.4 is 15.4 Å². The average Bonchev–Trinajstić information content (AvgIpc) is 3.18.